The quantitative estimate of drug-likeness (QED) is 0.411. The van der Waals surface area contributed by atoms with E-state index in [9.17, 15) is 4.79 Å². The summed E-state index contributed by atoms with van der Waals surface area (Å²) in [6, 6.07) is 0. The maximum Gasteiger partial charge on any atom is 0.244 e. The van der Waals surface area contributed by atoms with Gasteiger partial charge in [0.25, 0.3) is 0 Å². The molecule has 0 rings (SSSR count). The van der Waals surface area contributed by atoms with Gasteiger partial charge < -0.3 is 10.2 Å². The second-order valence-electron chi connectivity index (χ2n) is 4.20. The molecule has 0 aromatic carbocycles. The van der Waals surface area contributed by atoms with E-state index in [-0.39, 0.29) is 5.38 Å². The highest BCUT2D eigenvalue weighted by Crippen LogP contribution is 2.06. The van der Waals surface area contributed by atoms with Gasteiger partial charge in [-0.1, -0.05) is 6.08 Å². The number of hydrogen-bond acceptors (Lipinski definition) is 1. The molecule has 0 saturated heterocycles. The van der Waals surface area contributed by atoms with E-state index < -0.39 is 5.91 Å². The monoisotopic (exact) mass is 205 g/mol. The van der Waals surface area contributed by atoms with Crippen molar-refractivity contribution in [2.24, 2.45) is 5.73 Å². The summed E-state index contributed by atoms with van der Waals surface area (Å²) in [5.74, 6) is -0.410. The molecule has 0 bridgehead atoms. The summed E-state index contributed by atoms with van der Waals surface area (Å²) in [5.41, 5.74) is 5.60. The topological polar surface area (TPSA) is 43.1 Å². The minimum absolute atomic E-state index is 0.146. The van der Waals surface area contributed by atoms with Crippen LogP contribution in [0.5, 0.6) is 0 Å². The second kappa shape index (κ2) is 4.63. The van der Waals surface area contributed by atoms with Crippen LogP contribution in [0.25, 0.3) is 0 Å². The fraction of sp³-hybridized carbons (Fsp3) is 0.667. The van der Waals surface area contributed by atoms with Gasteiger partial charge in [0.15, 0.2) is 0 Å². The summed E-state index contributed by atoms with van der Waals surface area (Å²) in [6.45, 7) is 2.44. The van der Waals surface area contributed by atoms with Crippen molar-refractivity contribution in [1.29, 1.82) is 0 Å². The molecule has 1 unspecified atom stereocenters. The van der Waals surface area contributed by atoms with Crippen LogP contribution in [0.15, 0.2) is 11.6 Å². The Hall–Kier alpha value is -0.540. The molecule has 0 aromatic rings. The lowest BCUT2D eigenvalue weighted by molar-refractivity contribution is -0.869. The van der Waals surface area contributed by atoms with Gasteiger partial charge in [0.2, 0.25) is 5.91 Å². The van der Waals surface area contributed by atoms with Crippen molar-refractivity contribution in [3.8, 4) is 0 Å². The van der Waals surface area contributed by atoms with Crippen molar-refractivity contribution in [2.45, 2.75) is 12.3 Å². The van der Waals surface area contributed by atoms with Crippen molar-refractivity contribution in [1.82, 2.24) is 0 Å². The Labute approximate surface area is 84.7 Å². The Morgan fingerprint density at radius 1 is 1.54 bits per heavy atom. The van der Waals surface area contributed by atoms with Gasteiger partial charge in [0.1, 0.15) is 5.38 Å². The number of hydrogen-bond donors (Lipinski definition) is 1. The summed E-state index contributed by atoms with van der Waals surface area (Å²) < 4.78 is 0.761. The summed E-state index contributed by atoms with van der Waals surface area (Å²) in [7, 11) is 6.13. The summed E-state index contributed by atoms with van der Waals surface area (Å²) in [6.07, 6.45) is 1.70. The van der Waals surface area contributed by atoms with E-state index in [4.69, 9.17) is 17.3 Å². The third kappa shape index (κ3) is 6.61. The molecule has 2 N–H and O–H groups in total. The van der Waals surface area contributed by atoms with E-state index in [2.05, 4.69) is 0 Å². The fourth-order valence-electron chi connectivity index (χ4n) is 0.929. The molecule has 0 aliphatic rings. The Kier molecular flexibility index (Phi) is 4.44. The molecule has 0 radical (unpaired) electrons. The fourth-order valence-corrected chi connectivity index (χ4v) is 1.53. The van der Waals surface area contributed by atoms with E-state index in [1.54, 1.807) is 13.0 Å². The summed E-state index contributed by atoms with van der Waals surface area (Å²) >= 11 is 6.00. The predicted molar refractivity (Wildman–Crippen MR) is 55.5 cm³/mol. The van der Waals surface area contributed by atoms with Gasteiger partial charge in [-0.25, -0.2) is 0 Å². The molecule has 1 atom stereocenters. The zero-order valence-corrected chi connectivity index (χ0v) is 9.43. The molecule has 0 fully saturated rings. The SMILES string of the molecule is CC(=CC(Cl)C[N+](C)(C)C)C(N)=O. The normalized spacial score (nSPS) is 15.6. The molecule has 0 spiro atoms. The van der Waals surface area contributed by atoms with Crippen molar-refractivity contribution in [2.75, 3.05) is 27.7 Å². The number of alkyl halides is 1. The zero-order valence-electron chi connectivity index (χ0n) is 8.67. The molecule has 0 aliphatic carbocycles. The van der Waals surface area contributed by atoms with Crippen molar-refractivity contribution in [3.05, 3.63) is 11.6 Å². The maximum atomic E-state index is 10.7. The third-order valence-electron chi connectivity index (χ3n) is 1.54. The van der Waals surface area contributed by atoms with E-state index in [0.717, 1.165) is 11.0 Å². The maximum absolute atomic E-state index is 10.7. The Bertz CT molecular complexity index is 218. The predicted octanol–water partition coefficient (Wildman–Crippen LogP) is 0.732. The highest BCUT2D eigenvalue weighted by atomic mass is 35.5. The first kappa shape index (κ1) is 12.5. The summed E-state index contributed by atoms with van der Waals surface area (Å²) in [5, 5.41) is -0.146. The Balaban J connectivity index is 4.23. The number of nitrogens with two attached hydrogens (primary N) is 1. The molecule has 3 nitrogen and oxygen atoms in total. The van der Waals surface area contributed by atoms with Crippen LogP contribution in [0.1, 0.15) is 6.92 Å². The van der Waals surface area contributed by atoms with E-state index in [0.29, 0.717) is 5.57 Å². The molecular formula is C9H18ClN2O+. The van der Waals surface area contributed by atoms with Gasteiger partial charge in [0, 0.05) is 5.57 Å². The molecule has 0 saturated carbocycles. The average Bonchev–Trinajstić information content (AvgIpc) is 1.81. The Morgan fingerprint density at radius 3 is 2.31 bits per heavy atom. The van der Waals surface area contributed by atoms with Crippen molar-refractivity contribution < 1.29 is 9.28 Å². The first-order chi connectivity index (χ1) is 5.72. The Morgan fingerprint density at radius 2 is 2.00 bits per heavy atom. The van der Waals surface area contributed by atoms with Crippen LogP contribution >= 0.6 is 11.6 Å². The van der Waals surface area contributed by atoms with Crippen LogP contribution in [-0.4, -0.2) is 43.5 Å². The van der Waals surface area contributed by atoms with E-state index in [1.165, 1.54) is 0 Å². The van der Waals surface area contributed by atoms with Crippen LogP contribution in [0, 0.1) is 0 Å². The first-order valence-electron chi connectivity index (χ1n) is 4.15. The number of rotatable bonds is 4. The summed E-state index contributed by atoms with van der Waals surface area (Å²) in [4.78, 5) is 10.7. The number of halogens is 1. The van der Waals surface area contributed by atoms with Gasteiger partial charge in [-0.2, -0.15) is 0 Å². The molecule has 4 heteroatoms. The number of nitrogens with zero attached hydrogens (tertiary/aromatic N) is 1. The molecule has 0 heterocycles. The van der Waals surface area contributed by atoms with Crippen molar-refractivity contribution >= 4 is 17.5 Å². The molecule has 13 heavy (non-hydrogen) atoms. The highest BCUT2D eigenvalue weighted by molar-refractivity contribution is 6.22. The number of carbonyl (C=O) groups excluding carboxylic acids is 1. The minimum Gasteiger partial charge on any atom is -0.366 e. The zero-order chi connectivity index (χ0) is 10.6. The highest BCUT2D eigenvalue weighted by Gasteiger charge is 2.14. The smallest absolute Gasteiger partial charge is 0.244 e. The molecule has 0 aliphatic heterocycles. The molecule has 76 valence electrons. The van der Waals surface area contributed by atoms with Gasteiger partial charge in [-0.05, 0) is 6.92 Å². The van der Waals surface area contributed by atoms with E-state index in [1.807, 2.05) is 21.1 Å². The van der Waals surface area contributed by atoms with Crippen LogP contribution in [0.4, 0.5) is 0 Å². The van der Waals surface area contributed by atoms with Crippen LogP contribution in [0.3, 0.4) is 0 Å². The molecule has 0 aromatic heterocycles. The van der Waals surface area contributed by atoms with Gasteiger partial charge in [-0.3, -0.25) is 4.79 Å². The third-order valence-corrected chi connectivity index (χ3v) is 1.81. The van der Waals surface area contributed by atoms with Gasteiger partial charge >= 0.3 is 0 Å². The molecular weight excluding hydrogens is 188 g/mol. The lowest BCUT2D eigenvalue weighted by Crippen LogP contribution is -2.39. The first-order valence-corrected chi connectivity index (χ1v) is 4.59. The van der Waals surface area contributed by atoms with Crippen LogP contribution < -0.4 is 5.73 Å². The average molecular weight is 206 g/mol. The lowest BCUT2D eigenvalue weighted by atomic mass is 10.2. The van der Waals surface area contributed by atoms with Gasteiger partial charge in [-0.15, -0.1) is 11.6 Å². The van der Waals surface area contributed by atoms with Gasteiger partial charge in [0.05, 0.1) is 27.7 Å². The number of carbonyl (C=O) groups is 1. The molecule has 1 amide bonds. The second-order valence-corrected chi connectivity index (χ2v) is 4.76. The van der Waals surface area contributed by atoms with Crippen molar-refractivity contribution in [3.63, 3.8) is 0 Å². The number of quaternary nitrogens is 1. The largest absolute Gasteiger partial charge is 0.366 e. The standard InChI is InChI=1S/C9H17ClN2O/c1-7(9(11)13)5-8(10)6-12(2,3)4/h5,8H,6H2,1-4H3,(H-,11,13)/p+1. The van der Waals surface area contributed by atoms with Crippen LogP contribution in [0.2, 0.25) is 0 Å². The minimum atomic E-state index is -0.410. The lowest BCUT2D eigenvalue weighted by Gasteiger charge is -2.25. The number of primary amides is 1. The van der Waals surface area contributed by atoms with E-state index >= 15 is 0 Å². The number of amides is 1. The van der Waals surface area contributed by atoms with Crippen LogP contribution in [-0.2, 0) is 4.79 Å².